The minimum absolute atomic E-state index is 0.979. The van der Waals surface area contributed by atoms with Crippen LogP contribution in [0.15, 0.2) is 17.0 Å². The van der Waals surface area contributed by atoms with Crippen molar-refractivity contribution < 1.29 is 4.74 Å². The molecular weight excluding hydrogens is 102 g/mol. The Kier molecular flexibility index (Phi) is 1.67. The Bertz CT molecular complexity index is 126. The van der Waals surface area contributed by atoms with Crippen molar-refractivity contribution in [1.29, 1.82) is 0 Å². The Morgan fingerprint density at radius 1 is 1.75 bits per heavy atom. The predicted octanol–water partition coefficient (Wildman–Crippen LogP) is 1.34. The first-order valence-electron chi connectivity index (χ1n) is 2.68. The molecule has 0 spiro atoms. The lowest BCUT2D eigenvalue weighted by atomic mass is 10.2. The third kappa shape index (κ3) is 1.09. The number of rotatable bonds is 1. The lowest BCUT2D eigenvalue weighted by Crippen LogP contribution is -1.91. The van der Waals surface area contributed by atoms with Crippen LogP contribution < -0.4 is 0 Å². The predicted molar refractivity (Wildman–Crippen MR) is 32.8 cm³/mol. The first-order chi connectivity index (χ1) is 3.93. The van der Waals surface area contributed by atoms with Crippen LogP contribution in [0, 0.1) is 0 Å². The third-order valence-corrected chi connectivity index (χ3v) is 1.11. The van der Waals surface area contributed by atoms with Gasteiger partial charge in [-0.2, -0.15) is 0 Å². The highest BCUT2D eigenvalue weighted by Crippen LogP contribution is 2.07. The fourth-order valence-electron chi connectivity index (χ4n) is 0.636. The van der Waals surface area contributed by atoms with Crippen molar-refractivity contribution in [3.63, 3.8) is 0 Å². The fraction of sp³-hybridized carbons (Fsp3) is 0.500. The zero-order chi connectivity index (χ0) is 5.82. The molecule has 8 heavy (non-hydrogen) atoms. The Labute approximate surface area is 48.9 Å². The summed E-state index contributed by atoms with van der Waals surface area (Å²) in [5.74, 6) is 0.979. The van der Waals surface area contributed by atoms with Gasteiger partial charge < -0.3 is 4.74 Å². The lowest BCUT2D eigenvalue weighted by Gasteiger charge is -2.04. The number of hydrogen-bond donors (Lipinski definition) is 0. The van der Waals surface area contributed by atoms with Crippen LogP contribution in [0.2, 0.25) is 0 Å². The van der Waals surface area contributed by atoms with Crippen LogP contribution in [0.3, 0.4) is 0 Å². The van der Waals surface area contributed by atoms with Gasteiger partial charge in [-0.25, -0.2) is 0 Å². The largest absolute Gasteiger partial charge is 0.499 e. The van der Waals surface area contributed by atoms with Crippen LogP contribution in [0.25, 0.3) is 0 Å². The molecule has 0 bridgehead atoms. The minimum atomic E-state index is 0.979. The maximum absolute atomic E-state index is 4.94. The molecule has 0 aromatic heterocycles. The van der Waals surface area contributed by atoms with Gasteiger partial charge in [-0.3, -0.25) is 4.99 Å². The molecule has 0 unspecified atom stereocenters. The van der Waals surface area contributed by atoms with E-state index in [-0.39, 0.29) is 0 Å². The van der Waals surface area contributed by atoms with E-state index in [0.29, 0.717) is 0 Å². The first-order valence-corrected chi connectivity index (χ1v) is 2.68. The van der Waals surface area contributed by atoms with Gasteiger partial charge in [-0.15, -0.1) is 0 Å². The number of hydrogen-bond acceptors (Lipinski definition) is 2. The second kappa shape index (κ2) is 2.50. The SMILES string of the molecule is COC1=CN=CCC1. The highest BCUT2D eigenvalue weighted by atomic mass is 16.5. The normalized spacial score (nSPS) is 17.9. The number of methoxy groups -OCH3 is 1. The van der Waals surface area contributed by atoms with Crippen molar-refractivity contribution in [2.45, 2.75) is 12.8 Å². The highest BCUT2D eigenvalue weighted by Gasteiger charge is 1.96. The lowest BCUT2D eigenvalue weighted by molar-refractivity contribution is 0.276. The second-order valence-corrected chi connectivity index (χ2v) is 1.67. The molecule has 0 atom stereocenters. The van der Waals surface area contributed by atoms with E-state index in [9.17, 15) is 0 Å². The quantitative estimate of drug-likeness (QED) is 0.500. The molecule has 2 heteroatoms. The topological polar surface area (TPSA) is 21.6 Å². The van der Waals surface area contributed by atoms with Crippen LogP contribution >= 0.6 is 0 Å². The van der Waals surface area contributed by atoms with Crippen molar-refractivity contribution in [1.82, 2.24) is 0 Å². The fourth-order valence-corrected chi connectivity index (χ4v) is 0.636. The van der Waals surface area contributed by atoms with Crippen LogP contribution in [-0.4, -0.2) is 13.3 Å². The average molecular weight is 111 g/mol. The highest BCUT2D eigenvalue weighted by molar-refractivity contribution is 5.59. The van der Waals surface area contributed by atoms with E-state index in [4.69, 9.17) is 4.74 Å². The molecule has 44 valence electrons. The summed E-state index contributed by atoms with van der Waals surface area (Å²) in [6.07, 6.45) is 5.66. The molecular formula is C6H9NO. The molecule has 0 radical (unpaired) electrons. The van der Waals surface area contributed by atoms with Crippen molar-refractivity contribution in [2.24, 2.45) is 4.99 Å². The molecule has 1 aliphatic heterocycles. The van der Waals surface area contributed by atoms with E-state index in [1.165, 1.54) is 0 Å². The molecule has 1 heterocycles. The maximum atomic E-state index is 4.94. The molecule has 0 saturated heterocycles. The van der Waals surface area contributed by atoms with Crippen LogP contribution in [0.1, 0.15) is 12.8 Å². The summed E-state index contributed by atoms with van der Waals surface area (Å²) in [6, 6.07) is 0. The van der Waals surface area contributed by atoms with E-state index >= 15 is 0 Å². The van der Waals surface area contributed by atoms with Gasteiger partial charge in [0.05, 0.1) is 13.3 Å². The summed E-state index contributed by atoms with van der Waals surface area (Å²) in [7, 11) is 1.67. The molecule has 0 amide bonds. The van der Waals surface area contributed by atoms with E-state index in [1.807, 2.05) is 6.21 Å². The van der Waals surface area contributed by atoms with Crippen LogP contribution in [-0.2, 0) is 4.74 Å². The molecule has 1 rings (SSSR count). The summed E-state index contributed by atoms with van der Waals surface area (Å²) in [6.45, 7) is 0. The molecule has 1 aliphatic rings. The Hall–Kier alpha value is -0.790. The summed E-state index contributed by atoms with van der Waals surface area (Å²) in [5, 5.41) is 0. The molecule has 2 nitrogen and oxygen atoms in total. The van der Waals surface area contributed by atoms with Crippen molar-refractivity contribution in [3.05, 3.63) is 12.0 Å². The Balaban J connectivity index is 2.50. The van der Waals surface area contributed by atoms with Crippen molar-refractivity contribution in [3.8, 4) is 0 Å². The monoisotopic (exact) mass is 111 g/mol. The molecule has 0 aliphatic carbocycles. The van der Waals surface area contributed by atoms with Gasteiger partial charge in [0.2, 0.25) is 0 Å². The van der Waals surface area contributed by atoms with Gasteiger partial charge in [0.25, 0.3) is 0 Å². The number of nitrogens with zero attached hydrogens (tertiary/aromatic N) is 1. The maximum Gasteiger partial charge on any atom is 0.114 e. The summed E-state index contributed by atoms with van der Waals surface area (Å²) >= 11 is 0. The Morgan fingerprint density at radius 3 is 3.00 bits per heavy atom. The third-order valence-electron chi connectivity index (χ3n) is 1.11. The molecule has 0 aromatic carbocycles. The molecule has 0 aromatic rings. The van der Waals surface area contributed by atoms with Gasteiger partial charge in [-0.1, -0.05) is 0 Å². The van der Waals surface area contributed by atoms with E-state index in [0.717, 1.165) is 18.6 Å². The van der Waals surface area contributed by atoms with Gasteiger partial charge in [0.15, 0.2) is 0 Å². The number of aliphatic imine (C=N–C) groups is 1. The zero-order valence-corrected chi connectivity index (χ0v) is 4.92. The van der Waals surface area contributed by atoms with Gasteiger partial charge >= 0.3 is 0 Å². The summed E-state index contributed by atoms with van der Waals surface area (Å²) in [5.41, 5.74) is 0. The van der Waals surface area contributed by atoms with Gasteiger partial charge in [0, 0.05) is 12.6 Å². The van der Waals surface area contributed by atoms with Crippen molar-refractivity contribution in [2.75, 3.05) is 7.11 Å². The van der Waals surface area contributed by atoms with Crippen LogP contribution in [0.5, 0.6) is 0 Å². The van der Waals surface area contributed by atoms with E-state index < -0.39 is 0 Å². The smallest absolute Gasteiger partial charge is 0.114 e. The van der Waals surface area contributed by atoms with Gasteiger partial charge in [0.1, 0.15) is 5.76 Å². The van der Waals surface area contributed by atoms with E-state index in [2.05, 4.69) is 4.99 Å². The van der Waals surface area contributed by atoms with Crippen molar-refractivity contribution >= 4 is 6.21 Å². The number of ether oxygens (including phenoxy) is 1. The standard InChI is InChI=1S/C6H9NO/c1-8-6-3-2-4-7-5-6/h4-5H,2-3H2,1H3. The van der Waals surface area contributed by atoms with Crippen LogP contribution in [0.4, 0.5) is 0 Å². The average Bonchev–Trinajstić information content (AvgIpc) is 1.90. The second-order valence-electron chi connectivity index (χ2n) is 1.67. The molecule has 0 fully saturated rings. The van der Waals surface area contributed by atoms with Gasteiger partial charge in [-0.05, 0) is 6.42 Å². The van der Waals surface area contributed by atoms with E-state index in [1.54, 1.807) is 13.3 Å². The molecule has 0 N–H and O–H groups in total. The zero-order valence-electron chi connectivity index (χ0n) is 4.92. The minimum Gasteiger partial charge on any atom is -0.499 e. The Morgan fingerprint density at radius 2 is 2.62 bits per heavy atom. The summed E-state index contributed by atoms with van der Waals surface area (Å²) < 4.78 is 4.94. The summed E-state index contributed by atoms with van der Waals surface area (Å²) in [4.78, 5) is 3.92. The number of allylic oxidation sites excluding steroid dienone is 1. The first kappa shape index (κ1) is 5.35. The molecule has 0 saturated carbocycles.